The molecule has 1 N–H and O–H groups in total. The van der Waals surface area contributed by atoms with Crippen LogP contribution < -0.4 is 0 Å². The molecule has 0 saturated heterocycles. The Morgan fingerprint density at radius 2 is 2.31 bits per heavy atom. The van der Waals surface area contributed by atoms with Crippen molar-refractivity contribution in [3.63, 3.8) is 0 Å². The van der Waals surface area contributed by atoms with E-state index in [4.69, 9.17) is 28.3 Å². The molecular formula is C11H13Cl2NO2. The molecule has 1 aliphatic rings. The summed E-state index contributed by atoms with van der Waals surface area (Å²) in [4.78, 5) is 12.2. The van der Waals surface area contributed by atoms with E-state index in [0.717, 1.165) is 5.57 Å². The average Bonchev–Trinajstić information content (AvgIpc) is 2.19. The summed E-state index contributed by atoms with van der Waals surface area (Å²) in [6.45, 7) is 0.452. The van der Waals surface area contributed by atoms with Crippen LogP contribution in [0.25, 0.3) is 0 Å². The van der Waals surface area contributed by atoms with E-state index in [9.17, 15) is 4.79 Å². The molecule has 1 rings (SSSR count). The number of hydrogen-bond donors (Lipinski definition) is 1. The van der Waals surface area contributed by atoms with E-state index < -0.39 is 5.97 Å². The Kier molecular flexibility index (Phi) is 4.90. The number of carbonyl (C=O) groups is 1. The van der Waals surface area contributed by atoms with Gasteiger partial charge in [0.05, 0.1) is 11.8 Å². The van der Waals surface area contributed by atoms with Gasteiger partial charge in [0.25, 0.3) is 0 Å². The first-order valence-electron chi connectivity index (χ1n) is 4.82. The van der Waals surface area contributed by atoms with Gasteiger partial charge in [-0.15, -0.1) is 11.6 Å². The molecule has 5 heteroatoms. The maximum absolute atomic E-state index is 10.4. The Morgan fingerprint density at radius 1 is 1.62 bits per heavy atom. The fourth-order valence-electron chi connectivity index (χ4n) is 1.26. The third-order valence-electron chi connectivity index (χ3n) is 2.11. The fourth-order valence-corrected chi connectivity index (χ4v) is 1.78. The van der Waals surface area contributed by atoms with E-state index in [-0.39, 0.29) is 11.8 Å². The molecule has 0 aliphatic heterocycles. The fraction of sp³-hybridized carbons (Fsp3) is 0.364. The monoisotopic (exact) mass is 261 g/mol. The minimum atomic E-state index is -0.810. The third-order valence-corrected chi connectivity index (χ3v) is 2.74. The van der Waals surface area contributed by atoms with Crippen molar-refractivity contribution >= 4 is 29.2 Å². The quantitative estimate of drug-likeness (QED) is 0.791. The molecule has 16 heavy (non-hydrogen) atoms. The lowest BCUT2D eigenvalue weighted by atomic mass is 10.1. The molecule has 1 unspecified atom stereocenters. The zero-order valence-corrected chi connectivity index (χ0v) is 10.4. The first-order chi connectivity index (χ1) is 7.49. The maximum atomic E-state index is 10.4. The van der Waals surface area contributed by atoms with Crippen LogP contribution >= 0.6 is 23.2 Å². The summed E-state index contributed by atoms with van der Waals surface area (Å²) in [5.41, 5.74) is 0.902. The largest absolute Gasteiger partial charge is 0.481 e. The molecule has 0 bridgehead atoms. The smallest absolute Gasteiger partial charge is 0.305 e. The second-order valence-electron chi connectivity index (χ2n) is 3.54. The van der Waals surface area contributed by atoms with Crippen molar-refractivity contribution < 1.29 is 9.90 Å². The van der Waals surface area contributed by atoms with E-state index in [1.54, 1.807) is 17.1 Å². The van der Waals surface area contributed by atoms with Gasteiger partial charge in [0, 0.05) is 24.8 Å². The lowest BCUT2D eigenvalue weighted by Crippen LogP contribution is -2.18. The van der Waals surface area contributed by atoms with Crippen LogP contribution in [-0.2, 0) is 4.79 Å². The van der Waals surface area contributed by atoms with Crippen LogP contribution in [-0.4, -0.2) is 34.9 Å². The summed E-state index contributed by atoms with van der Waals surface area (Å²) in [7, 11) is 1.81. The minimum Gasteiger partial charge on any atom is -0.481 e. The molecular weight excluding hydrogens is 249 g/mol. The van der Waals surface area contributed by atoms with Crippen LogP contribution in [0.3, 0.4) is 0 Å². The van der Waals surface area contributed by atoms with Gasteiger partial charge in [-0.2, -0.15) is 0 Å². The number of nitrogens with zero attached hydrogens (tertiary/aromatic N) is 1. The van der Waals surface area contributed by atoms with Gasteiger partial charge < -0.3 is 10.0 Å². The van der Waals surface area contributed by atoms with Crippen LogP contribution in [0.1, 0.15) is 6.42 Å². The van der Waals surface area contributed by atoms with Crippen molar-refractivity contribution in [2.45, 2.75) is 11.8 Å². The second-order valence-corrected chi connectivity index (χ2v) is 4.45. The average molecular weight is 262 g/mol. The highest BCUT2D eigenvalue weighted by molar-refractivity contribution is 6.33. The highest BCUT2D eigenvalue weighted by atomic mass is 35.5. The molecule has 3 nitrogen and oxygen atoms in total. The highest BCUT2D eigenvalue weighted by Gasteiger charge is 2.11. The standard InChI is InChI=1S/C11H13Cl2NO2/c1-14(5-4-11(15)16)7-8-2-3-9(12)6-10(8)13/h2-3,6-7,10H,4-5H2,1H3,(H,15,16)/b8-7-. The molecule has 1 aliphatic carbocycles. The van der Waals surface area contributed by atoms with Crippen molar-refractivity contribution in [2.75, 3.05) is 13.6 Å². The predicted octanol–water partition coefficient (Wildman–Crippen LogP) is 2.58. The Labute approximate surface area is 105 Å². The van der Waals surface area contributed by atoms with E-state index in [1.807, 2.05) is 19.3 Å². The number of alkyl halides is 1. The lowest BCUT2D eigenvalue weighted by Gasteiger charge is -2.17. The molecule has 0 heterocycles. The van der Waals surface area contributed by atoms with Gasteiger partial charge in [0.1, 0.15) is 0 Å². The molecule has 0 amide bonds. The molecule has 0 fully saturated rings. The summed E-state index contributed by atoms with van der Waals surface area (Å²) in [5, 5.41) is 8.90. The highest BCUT2D eigenvalue weighted by Crippen LogP contribution is 2.23. The second kappa shape index (κ2) is 5.97. The SMILES string of the molecule is CN(/C=C1/C=CC(Cl)=CC1Cl)CCC(=O)O. The van der Waals surface area contributed by atoms with E-state index in [1.165, 1.54) is 0 Å². The van der Waals surface area contributed by atoms with Gasteiger partial charge in [-0.05, 0) is 17.7 Å². The molecule has 0 aromatic heterocycles. The third kappa shape index (κ3) is 4.29. The number of allylic oxidation sites excluding steroid dienone is 5. The molecule has 0 spiro atoms. The first kappa shape index (κ1) is 13.1. The van der Waals surface area contributed by atoms with Gasteiger partial charge in [-0.25, -0.2) is 0 Å². The van der Waals surface area contributed by atoms with Crippen LogP contribution in [0.15, 0.2) is 35.0 Å². The summed E-state index contributed by atoms with van der Waals surface area (Å²) >= 11 is 11.8. The zero-order chi connectivity index (χ0) is 12.1. The van der Waals surface area contributed by atoms with Crippen molar-refractivity contribution in [2.24, 2.45) is 0 Å². The normalized spacial score (nSPS) is 22.1. The van der Waals surface area contributed by atoms with Crippen molar-refractivity contribution in [3.8, 4) is 0 Å². The number of halogens is 2. The Bertz CT molecular complexity index is 361. The van der Waals surface area contributed by atoms with Crippen molar-refractivity contribution in [1.82, 2.24) is 4.90 Å². The van der Waals surface area contributed by atoms with Crippen molar-refractivity contribution in [1.29, 1.82) is 0 Å². The van der Waals surface area contributed by atoms with Gasteiger partial charge >= 0.3 is 5.97 Å². The summed E-state index contributed by atoms with van der Waals surface area (Å²) in [6, 6.07) is 0. The molecule has 0 saturated carbocycles. The zero-order valence-electron chi connectivity index (χ0n) is 8.86. The maximum Gasteiger partial charge on any atom is 0.305 e. The van der Waals surface area contributed by atoms with Crippen LogP contribution in [0.2, 0.25) is 0 Å². The van der Waals surface area contributed by atoms with E-state index in [0.29, 0.717) is 11.6 Å². The number of rotatable bonds is 4. The van der Waals surface area contributed by atoms with Crippen LogP contribution in [0, 0.1) is 0 Å². The summed E-state index contributed by atoms with van der Waals surface area (Å²) in [6.07, 6.45) is 7.26. The van der Waals surface area contributed by atoms with Crippen LogP contribution in [0.4, 0.5) is 0 Å². The molecule has 0 aromatic rings. The van der Waals surface area contributed by atoms with Gasteiger partial charge in [-0.1, -0.05) is 17.7 Å². The minimum absolute atomic E-state index is 0.105. The molecule has 0 aromatic carbocycles. The van der Waals surface area contributed by atoms with Crippen molar-refractivity contribution in [3.05, 3.63) is 35.0 Å². The Morgan fingerprint density at radius 3 is 2.88 bits per heavy atom. The van der Waals surface area contributed by atoms with E-state index >= 15 is 0 Å². The number of hydrogen-bond acceptors (Lipinski definition) is 2. The Balaban J connectivity index is 2.57. The van der Waals surface area contributed by atoms with Crippen LogP contribution in [0.5, 0.6) is 0 Å². The van der Waals surface area contributed by atoms with Gasteiger partial charge in [-0.3, -0.25) is 4.79 Å². The predicted molar refractivity (Wildman–Crippen MR) is 65.7 cm³/mol. The molecule has 1 atom stereocenters. The summed E-state index contributed by atoms with van der Waals surface area (Å²) < 4.78 is 0. The molecule has 88 valence electrons. The number of carboxylic acids is 1. The lowest BCUT2D eigenvalue weighted by molar-refractivity contribution is -0.137. The topological polar surface area (TPSA) is 40.5 Å². The van der Waals surface area contributed by atoms with Gasteiger partial charge in [0.2, 0.25) is 0 Å². The first-order valence-corrected chi connectivity index (χ1v) is 5.63. The number of carboxylic acid groups (broad SMARTS) is 1. The summed E-state index contributed by atoms with van der Waals surface area (Å²) in [5.74, 6) is -0.810. The Hall–Kier alpha value is -0.930. The van der Waals surface area contributed by atoms with Gasteiger partial charge in [0.15, 0.2) is 0 Å². The molecule has 0 radical (unpaired) electrons. The number of aliphatic carboxylic acids is 1. The van der Waals surface area contributed by atoms with E-state index in [2.05, 4.69) is 0 Å².